The van der Waals surface area contributed by atoms with Gasteiger partial charge in [0.05, 0.1) is 0 Å². The van der Waals surface area contributed by atoms with Crippen molar-refractivity contribution < 1.29 is 29.4 Å². The highest BCUT2D eigenvalue weighted by atomic mass is 32.2. The van der Waals surface area contributed by atoms with Crippen LogP contribution in [-0.4, -0.2) is 67.1 Å². The molecule has 0 bridgehead atoms. The van der Waals surface area contributed by atoms with Gasteiger partial charge in [0.1, 0.15) is 23.5 Å². The monoisotopic (exact) mass is 373 g/mol. The summed E-state index contributed by atoms with van der Waals surface area (Å²) in [6.45, 7) is 3.54. The van der Waals surface area contributed by atoms with Crippen LogP contribution in [0.4, 0.5) is 0 Å². The predicted octanol–water partition coefficient (Wildman–Crippen LogP) is -0.410. The molecular weight excluding hydrogens is 350 g/mol. The number of carbonyl (C=O) groups is 4. The number of aliphatic carboxylic acids is 2. The fourth-order valence-electron chi connectivity index (χ4n) is 3.16. The molecule has 10 heteroatoms. The van der Waals surface area contributed by atoms with E-state index in [1.165, 1.54) is 16.7 Å². The zero-order valence-corrected chi connectivity index (χ0v) is 14.9. The molecule has 9 nitrogen and oxygen atoms in total. The predicted molar refractivity (Wildman–Crippen MR) is 89.7 cm³/mol. The number of unbranched alkanes of at least 4 members (excludes halogenated alkanes) is 1. The highest BCUT2D eigenvalue weighted by Gasteiger charge is 2.64. The Balaban J connectivity index is 1.81. The van der Waals surface area contributed by atoms with Gasteiger partial charge in [-0.25, -0.2) is 4.79 Å². The smallest absolute Gasteiger partial charge is 0.327 e. The van der Waals surface area contributed by atoms with Crippen molar-refractivity contribution >= 4 is 35.5 Å². The molecule has 2 aliphatic rings. The molecule has 2 heterocycles. The highest BCUT2D eigenvalue weighted by Crippen LogP contribution is 2.50. The highest BCUT2D eigenvalue weighted by molar-refractivity contribution is 8.01. The number of hydrogen-bond donors (Lipinski definition) is 4. The second-order valence-corrected chi connectivity index (χ2v) is 8.60. The van der Waals surface area contributed by atoms with Crippen molar-refractivity contribution in [3.8, 4) is 0 Å². The first-order chi connectivity index (χ1) is 11.6. The molecular formula is C15H23N3O6S. The van der Waals surface area contributed by atoms with Gasteiger partial charge < -0.3 is 26.2 Å². The van der Waals surface area contributed by atoms with E-state index in [1.807, 2.05) is 0 Å². The number of carboxylic acid groups (broad SMARTS) is 2. The van der Waals surface area contributed by atoms with E-state index in [0.29, 0.717) is 12.8 Å². The van der Waals surface area contributed by atoms with E-state index in [0.717, 1.165) is 0 Å². The van der Waals surface area contributed by atoms with E-state index in [-0.39, 0.29) is 30.0 Å². The molecule has 0 aromatic rings. The van der Waals surface area contributed by atoms with Gasteiger partial charge in [0, 0.05) is 11.2 Å². The maximum Gasteiger partial charge on any atom is 0.327 e. The van der Waals surface area contributed by atoms with Crippen LogP contribution in [0, 0.1) is 0 Å². The van der Waals surface area contributed by atoms with Crippen LogP contribution in [0.25, 0.3) is 0 Å². The Kier molecular flexibility index (Phi) is 5.62. The second-order valence-electron chi connectivity index (χ2n) is 6.83. The zero-order chi connectivity index (χ0) is 18.9. The van der Waals surface area contributed by atoms with Gasteiger partial charge in [-0.15, -0.1) is 11.8 Å². The average molecular weight is 373 g/mol. The molecule has 4 atom stereocenters. The molecule has 2 saturated heterocycles. The minimum atomic E-state index is -1.07. The fraction of sp³-hybridized carbons (Fsp3) is 0.733. The van der Waals surface area contributed by atoms with Crippen LogP contribution in [0.2, 0.25) is 0 Å². The molecule has 0 radical (unpaired) electrons. The first kappa shape index (κ1) is 19.5. The summed E-state index contributed by atoms with van der Waals surface area (Å²) in [6, 6.07) is -2.54. The van der Waals surface area contributed by atoms with Crippen molar-refractivity contribution in [3.63, 3.8) is 0 Å². The van der Waals surface area contributed by atoms with E-state index in [9.17, 15) is 24.3 Å². The molecule has 140 valence electrons. The van der Waals surface area contributed by atoms with Gasteiger partial charge in [-0.3, -0.25) is 14.4 Å². The van der Waals surface area contributed by atoms with Crippen LogP contribution < -0.4 is 11.1 Å². The number of hydrogen-bond acceptors (Lipinski definition) is 6. The molecule has 25 heavy (non-hydrogen) atoms. The number of fused-ring (bicyclic) bond motifs is 1. The van der Waals surface area contributed by atoms with E-state index >= 15 is 0 Å². The molecule has 0 unspecified atom stereocenters. The Hall–Kier alpha value is -1.81. The fourth-order valence-corrected chi connectivity index (χ4v) is 4.79. The van der Waals surface area contributed by atoms with Crippen LogP contribution in [0.1, 0.15) is 39.5 Å². The first-order valence-corrected chi connectivity index (χ1v) is 8.95. The number of carbonyl (C=O) groups excluding carboxylic acids is 2. The van der Waals surface area contributed by atoms with Gasteiger partial charge in [0.2, 0.25) is 11.8 Å². The second kappa shape index (κ2) is 7.20. The van der Waals surface area contributed by atoms with Crippen molar-refractivity contribution in [2.75, 3.05) is 0 Å². The Morgan fingerprint density at radius 1 is 1.32 bits per heavy atom. The summed E-state index contributed by atoms with van der Waals surface area (Å²) in [7, 11) is 0. The lowest BCUT2D eigenvalue weighted by Crippen LogP contribution is -2.70. The Morgan fingerprint density at radius 3 is 2.52 bits per heavy atom. The lowest BCUT2D eigenvalue weighted by molar-refractivity contribution is -0.161. The Morgan fingerprint density at radius 2 is 1.96 bits per heavy atom. The molecule has 0 aromatic carbocycles. The van der Waals surface area contributed by atoms with Crippen molar-refractivity contribution in [1.29, 1.82) is 0 Å². The van der Waals surface area contributed by atoms with Crippen molar-refractivity contribution in [2.45, 2.75) is 67.8 Å². The summed E-state index contributed by atoms with van der Waals surface area (Å²) in [5.41, 5.74) is 5.38. The molecule has 5 N–H and O–H groups in total. The number of amides is 2. The SMILES string of the molecule is CC1(C)S[C@@H]2[C@H](NC(=O)CCCC[C@@H](N)C(=O)O)C(=O)N2[C@H]1C(=O)O. The minimum Gasteiger partial charge on any atom is -0.480 e. The van der Waals surface area contributed by atoms with Crippen LogP contribution in [-0.2, 0) is 19.2 Å². The standard InChI is InChI=1S/C15H23N3O6S/c1-15(2)10(14(23)24)18-11(20)9(12(18)25-15)17-8(19)6-4-3-5-7(16)13(21)22/h7,9-10,12H,3-6,16H2,1-2H3,(H,17,19)(H,21,22)(H,23,24)/t7-,9-,10+,12-/m1/s1. The van der Waals surface area contributed by atoms with Gasteiger partial charge in [-0.05, 0) is 26.7 Å². The molecule has 0 aromatic heterocycles. The van der Waals surface area contributed by atoms with Gasteiger partial charge in [-0.1, -0.05) is 6.42 Å². The maximum atomic E-state index is 12.2. The number of nitrogens with one attached hydrogen (secondary N) is 1. The summed E-state index contributed by atoms with van der Waals surface area (Å²) < 4.78 is -0.626. The molecule has 0 spiro atoms. The van der Waals surface area contributed by atoms with Gasteiger partial charge in [-0.2, -0.15) is 0 Å². The number of β-lactam (4-membered cyclic amide) rings is 1. The third-order valence-electron chi connectivity index (χ3n) is 4.48. The summed E-state index contributed by atoms with van der Waals surface area (Å²) in [5.74, 6) is -2.80. The number of nitrogens with zero attached hydrogens (tertiary/aromatic N) is 1. The number of rotatable bonds is 8. The van der Waals surface area contributed by atoms with Crippen LogP contribution in [0.3, 0.4) is 0 Å². The zero-order valence-electron chi connectivity index (χ0n) is 14.1. The third-order valence-corrected chi connectivity index (χ3v) is 6.05. The summed E-state index contributed by atoms with van der Waals surface area (Å²) in [6.07, 6.45) is 1.42. The normalized spacial score (nSPS) is 28.0. The quantitative estimate of drug-likeness (QED) is 0.331. The molecule has 2 amide bonds. The van der Waals surface area contributed by atoms with E-state index in [4.69, 9.17) is 10.8 Å². The van der Waals surface area contributed by atoms with Crippen LogP contribution in [0.15, 0.2) is 0 Å². The van der Waals surface area contributed by atoms with E-state index < -0.39 is 34.8 Å². The van der Waals surface area contributed by atoms with Crippen LogP contribution >= 0.6 is 11.8 Å². The number of nitrogens with two attached hydrogens (primary N) is 1. The van der Waals surface area contributed by atoms with Gasteiger partial charge >= 0.3 is 11.9 Å². The Bertz CT molecular complexity index is 596. The summed E-state index contributed by atoms with van der Waals surface area (Å²) in [4.78, 5) is 47.5. The molecule has 2 aliphatic heterocycles. The summed E-state index contributed by atoms with van der Waals surface area (Å²) in [5, 5.41) is 20.3. The molecule has 0 aliphatic carbocycles. The number of thioether (sulfide) groups is 1. The van der Waals surface area contributed by atoms with E-state index in [1.54, 1.807) is 13.8 Å². The van der Waals surface area contributed by atoms with Gasteiger partial charge in [0.15, 0.2) is 0 Å². The number of carboxylic acids is 2. The maximum absolute atomic E-state index is 12.2. The lowest BCUT2D eigenvalue weighted by atomic mass is 9.96. The van der Waals surface area contributed by atoms with E-state index in [2.05, 4.69) is 5.32 Å². The average Bonchev–Trinajstić information content (AvgIpc) is 2.77. The lowest BCUT2D eigenvalue weighted by Gasteiger charge is -2.43. The first-order valence-electron chi connectivity index (χ1n) is 8.07. The van der Waals surface area contributed by atoms with Gasteiger partial charge in [0.25, 0.3) is 0 Å². The molecule has 2 fully saturated rings. The largest absolute Gasteiger partial charge is 0.480 e. The molecule has 2 rings (SSSR count). The summed E-state index contributed by atoms with van der Waals surface area (Å²) >= 11 is 1.37. The topological polar surface area (TPSA) is 150 Å². The minimum absolute atomic E-state index is 0.166. The van der Waals surface area contributed by atoms with Crippen molar-refractivity contribution in [2.24, 2.45) is 5.73 Å². The molecule has 0 saturated carbocycles. The van der Waals surface area contributed by atoms with Crippen LogP contribution in [0.5, 0.6) is 0 Å². The third kappa shape index (κ3) is 3.90. The van der Waals surface area contributed by atoms with Crippen molar-refractivity contribution in [1.82, 2.24) is 10.2 Å². The Labute approximate surface area is 149 Å². The van der Waals surface area contributed by atoms with Crippen molar-refractivity contribution in [3.05, 3.63) is 0 Å².